The fourth-order valence-corrected chi connectivity index (χ4v) is 2.40. The van der Waals surface area contributed by atoms with E-state index in [1.54, 1.807) is 6.26 Å². The number of aryl methyl sites for hydroxylation is 2. The Balaban J connectivity index is 2.75. The molecule has 1 aromatic heterocycles. The van der Waals surface area contributed by atoms with E-state index >= 15 is 0 Å². The minimum atomic E-state index is -0.821. The van der Waals surface area contributed by atoms with Crippen LogP contribution in [0.2, 0.25) is 0 Å². The van der Waals surface area contributed by atoms with Gasteiger partial charge < -0.3 is 5.32 Å². The van der Waals surface area contributed by atoms with E-state index < -0.39 is 10.8 Å². The Morgan fingerprint density at radius 1 is 1.24 bits per heavy atom. The normalized spacial score (nSPS) is 14.4. The fraction of sp³-hybridized carbons (Fsp3) is 0.727. The second-order valence-electron chi connectivity index (χ2n) is 4.02. The van der Waals surface area contributed by atoms with Gasteiger partial charge in [0.25, 0.3) is 0 Å². The molecule has 1 rings (SSSR count). The Bertz CT molecular complexity index is 397. The smallest absolute Gasteiger partial charge is 0.243 e. The van der Waals surface area contributed by atoms with Crippen LogP contribution in [0.15, 0.2) is 0 Å². The van der Waals surface area contributed by atoms with E-state index in [4.69, 9.17) is 0 Å². The number of nitrogens with zero attached hydrogens (tertiary/aromatic N) is 3. The summed E-state index contributed by atoms with van der Waals surface area (Å²) in [6.07, 6.45) is 3.38. The third kappa shape index (κ3) is 4.38. The lowest BCUT2D eigenvalue weighted by Gasteiger charge is -2.13. The van der Waals surface area contributed by atoms with Gasteiger partial charge in [0.15, 0.2) is 0 Å². The molecule has 6 heteroatoms. The first-order valence-corrected chi connectivity index (χ1v) is 7.58. The predicted octanol–water partition coefficient (Wildman–Crippen LogP) is 1.18. The topological polar surface area (TPSA) is 67.8 Å². The van der Waals surface area contributed by atoms with Crippen molar-refractivity contribution in [3.8, 4) is 0 Å². The van der Waals surface area contributed by atoms with Crippen LogP contribution >= 0.6 is 0 Å². The zero-order chi connectivity index (χ0) is 12.8. The van der Waals surface area contributed by atoms with Gasteiger partial charge in [-0.15, -0.1) is 5.10 Å². The Morgan fingerprint density at radius 3 is 2.41 bits per heavy atom. The largest absolute Gasteiger partial charge is 0.350 e. The van der Waals surface area contributed by atoms with Crippen LogP contribution in [0.5, 0.6) is 0 Å². The quantitative estimate of drug-likeness (QED) is 0.827. The summed E-state index contributed by atoms with van der Waals surface area (Å²) in [5.74, 6) is 1.11. The van der Waals surface area contributed by atoms with Crippen molar-refractivity contribution in [3.05, 3.63) is 11.4 Å². The van der Waals surface area contributed by atoms with Gasteiger partial charge in [-0.3, -0.25) is 4.21 Å². The first-order chi connectivity index (χ1) is 8.06. The summed E-state index contributed by atoms with van der Waals surface area (Å²) in [6.45, 7) is 6.06. The molecule has 0 saturated carbocycles. The molecule has 2 unspecified atom stereocenters. The number of hydrogen-bond acceptors (Lipinski definition) is 5. The van der Waals surface area contributed by atoms with Gasteiger partial charge in [0.1, 0.15) is 0 Å². The molecule has 0 aromatic carbocycles. The molecular formula is C11H20N4OS. The number of nitrogens with one attached hydrogen (secondary N) is 1. The zero-order valence-corrected chi connectivity index (χ0v) is 11.7. The standard InChI is InChI=1S/C11H20N4OS/c1-5-9-10(6-2)14-15-11(13-9)12-8(3)7-17(4)16/h8H,5-7H2,1-4H3,(H,12,13,15). The van der Waals surface area contributed by atoms with Gasteiger partial charge in [-0.05, 0) is 19.8 Å². The minimum Gasteiger partial charge on any atom is -0.350 e. The van der Waals surface area contributed by atoms with Gasteiger partial charge in [0.05, 0.1) is 11.4 Å². The summed E-state index contributed by atoms with van der Waals surface area (Å²) in [5.41, 5.74) is 1.93. The van der Waals surface area contributed by atoms with Crippen LogP contribution < -0.4 is 5.32 Å². The molecule has 0 fully saturated rings. The Morgan fingerprint density at radius 2 is 1.88 bits per heavy atom. The van der Waals surface area contributed by atoms with Gasteiger partial charge in [0, 0.05) is 28.9 Å². The van der Waals surface area contributed by atoms with E-state index in [2.05, 4.69) is 27.4 Å². The van der Waals surface area contributed by atoms with Crippen LogP contribution in [-0.2, 0) is 23.6 Å². The molecule has 5 nitrogen and oxygen atoms in total. The Kier molecular flexibility index (Phi) is 5.47. The van der Waals surface area contributed by atoms with Crippen molar-refractivity contribution in [1.29, 1.82) is 0 Å². The van der Waals surface area contributed by atoms with Crippen LogP contribution in [0.25, 0.3) is 0 Å². The molecule has 0 aliphatic carbocycles. The van der Waals surface area contributed by atoms with E-state index in [-0.39, 0.29) is 6.04 Å². The van der Waals surface area contributed by atoms with Crippen LogP contribution in [0.3, 0.4) is 0 Å². The second kappa shape index (κ2) is 6.64. The molecule has 2 atom stereocenters. The number of aromatic nitrogens is 3. The summed E-state index contributed by atoms with van der Waals surface area (Å²) in [5, 5.41) is 11.3. The van der Waals surface area contributed by atoms with Crippen molar-refractivity contribution >= 4 is 16.7 Å². The molecule has 0 aliphatic heterocycles. The minimum absolute atomic E-state index is 0.0832. The first kappa shape index (κ1) is 14.0. The van der Waals surface area contributed by atoms with Crippen LogP contribution in [-0.4, -0.2) is 37.4 Å². The van der Waals surface area contributed by atoms with E-state index in [0.29, 0.717) is 11.7 Å². The predicted molar refractivity (Wildman–Crippen MR) is 70.6 cm³/mol. The molecular weight excluding hydrogens is 236 g/mol. The fourth-order valence-electron chi connectivity index (χ4n) is 1.61. The highest BCUT2D eigenvalue weighted by molar-refractivity contribution is 7.84. The highest BCUT2D eigenvalue weighted by Crippen LogP contribution is 2.07. The molecule has 0 aliphatic rings. The molecule has 0 bridgehead atoms. The van der Waals surface area contributed by atoms with Crippen LogP contribution in [0, 0.1) is 0 Å². The van der Waals surface area contributed by atoms with Crippen molar-refractivity contribution in [2.24, 2.45) is 0 Å². The zero-order valence-electron chi connectivity index (χ0n) is 10.9. The monoisotopic (exact) mass is 256 g/mol. The van der Waals surface area contributed by atoms with Crippen molar-refractivity contribution in [2.75, 3.05) is 17.3 Å². The molecule has 0 amide bonds. The van der Waals surface area contributed by atoms with E-state index in [9.17, 15) is 4.21 Å². The molecule has 96 valence electrons. The van der Waals surface area contributed by atoms with E-state index in [0.717, 1.165) is 24.2 Å². The Hall–Kier alpha value is -1.04. The van der Waals surface area contributed by atoms with Crippen molar-refractivity contribution < 1.29 is 4.21 Å². The molecule has 1 aromatic rings. The highest BCUT2D eigenvalue weighted by atomic mass is 32.2. The lowest BCUT2D eigenvalue weighted by molar-refractivity contribution is 0.682. The molecule has 1 heterocycles. The van der Waals surface area contributed by atoms with Crippen molar-refractivity contribution in [2.45, 2.75) is 39.7 Å². The number of hydrogen-bond donors (Lipinski definition) is 1. The van der Waals surface area contributed by atoms with Crippen molar-refractivity contribution in [3.63, 3.8) is 0 Å². The van der Waals surface area contributed by atoms with E-state index in [1.807, 2.05) is 13.8 Å². The van der Waals surface area contributed by atoms with Crippen LogP contribution in [0.1, 0.15) is 32.2 Å². The van der Waals surface area contributed by atoms with Crippen LogP contribution in [0.4, 0.5) is 5.95 Å². The maximum Gasteiger partial charge on any atom is 0.243 e. The van der Waals surface area contributed by atoms with Gasteiger partial charge in [-0.25, -0.2) is 4.98 Å². The maximum atomic E-state index is 11.1. The molecule has 17 heavy (non-hydrogen) atoms. The number of anilines is 1. The average molecular weight is 256 g/mol. The van der Waals surface area contributed by atoms with Gasteiger partial charge >= 0.3 is 0 Å². The van der Waals surface area contributed by atoms with Gasteiger partial charge in [-0.2, -0.15) is 5.10 Å². The molecule has 0 radical (unpaired) electrons. The molecule has 0 spiro atoms. The highest BCUT2D eigenvalue weighted by Gasteiger charge is 2.09. The lowest BCUT2D eigenvalue weighted by atomic mass is 10.2. The van der Waals surface area contributed by atoms with Crippen molar-refractivity contribution in [1.82, 2.24) is 15.2 Å². The first-order valence-electron chi connectivity index (χ1n) is 5.85. The molecule has 0 saturated heterocycles. The lowest BCUT2D eigenvalue weighted by Crippen LogP contribution is -2.24. The average Bonchev–Trinajstić information content (AvgIpc) is 2.27. The Labute approximate surface area is 105 Å². The van der Waals surface area contributed by atoms with Gasteiger partial charge in [-0.1, -0.05) is 13.8 Å². The van der Waals surface area contributed by atoms with E-state index in [1.165, 1.54) is 0 Å². The number of rotatable bonds is 6. The van der Waals surface area contributed by atoms with Gasteiger partial charge in [0.2, 0.25) is 5.95 Å². The third-order valence-corrected chi connectivity index (χ3v) is 3.34. The third-order valence-electron chi connectivity index (χ3n) is 2.37. The summed E-state index contributed by atoms with van der Waals surface area (Å²) in [4.78, 5) is 4.43. The second-order valence-corrected chi connectivity index (χ2v) is 5.50. The maximum absolute atomic E-state index is 11.1. The summed E-state index contributed by atoms with van der Waals surface area (Å²) < 4.78 is 11.1. The summed E-state index contributed by atoms with van der Waals surface area (Å²) >= 11 is 0. The summed E-state index contributed by atoms with van der Waals surface area (Å²) in [6, 6.07) is 0.0832. The summed E-state index contributed by atoms with van der Waals surface area (Å²) in [7, 11) is -0.821. The molecule has 1 N–H and O–H groups in total. The SMILES string of the molecule is CCc1nnc(NC(C)CS(C)=O)nc1CC.